The molecule has 0 saturated carbocycles. The molecule has 1 atom stereocenters. The second kappa shape index (κ2) is 7.61. The quantitative estimate of drug-likeness (QED) is 0.690. The summed E-state index contributed by atoms with van der Waals surface area (Å²) in [7, 11) is 0. The van der Waals surface area contributed by atoms with Crippen molar-refractivity contribution in [2.75, 3.05) is 13.2 Å². The Kier molecular flexibility index (Phi) is 6.12. The van der Waals surface area contributed by atoms with Crippen LogP contribution in [0.25, 0.3) is 0 Å². The summed E-state index contributed by atoms with van der Waals surface area (Å²) >= 11 is 0. The minimum absolute atomic E-state index is 0.137. The molecule has 0 amide bonds. The lowest BCUT2D eigenvalue weighted by atomic mass is 10.1. The molecule has 0 N–H and O–H groups in total. The van der Waals surface area contributed by atoms with Crippen LogP contribution in [0, 0.1) is 0 Å². The van der Waals surface area contributed by atoms with Crippen LogP contribution in [-0.2, 0) is 23.8 Å². The molecular weight excluding hydrogens is 248 g/mol. The molecule has 0 fully saturated rings. The molecule has 0 saturated heterocycles. The van der Waals surface area contributed by atoms with Gasteiger partial charge in [0.25, 0.3) is 0 Å². The number of ether oxygens (including phenoxy) is 3. The van der Waals surface area contributed by atoms with E-state index in [0.717, 1.165) is 0 Å². The molecule has 1 unspecified atom stereocenters. The Labute approximate surface area is 113 Å². The molecule has 0 aromatic carbocycles. The number of carbonyl (C=O) groups excluding carboxylic acids is 2. The number of rotatable bonds is 6. The molecule has 0 aromatic heterocycles. The first kappa shape index (κ1) is 15.3. The van der Waals surface area contributed by atoms with E-state index in [1.165, 1.54) is 0 Å². The molecule has 0 aliphatic carbocycles. The third kappa shape index (κ3) is 4.43. The van der Waals surface area contributed by atoms with Crippen LogP contribution in [0.4, 0.5) is 0 Å². The lowest BCUT2D eigenvalue weighted by Gasteiger charge is -2.10. The largest absolute Gasteiger partial charge is 0.489 e. The first-order valence-electron chi connectivity index (χ1n) is 6.47. The van der Waals surface area contributed by atoms with Crippen molar-refractivity contribution in [3.8, 4) is 0 Å². The first-order valence-corrected chi connectivity index (χ1v) is 6.47. The van der Waals surface area contributed by atoms with E-state index in [0.29, 0.717) is 31.0 Å². The number of hydrogen-bond donors (Lipinski definition) is 0. The van der Waals surface area contributed by atoms with Gasteiger partial charge in [0.05, 0.1) is 25.2 Å². The SMILES string of the molecule is C/C=C/C1=C(C(=O)OCC)CC(CC(=O)OCC)O1. The van der Waals surface area contributed by atoms with Gasteiger partial charge in [0.2, 0.25) is 0 Å². The average molecular weight is 268 g/mol. The van der Waals surface area contributed by atoms with Crippen molar-refractivity contribution in [1.29, 1.82) is 0 Å². The van der Waals surface area contributed by atoms with Gasteiger partial charge < -0.3 is 14.2 Å². The zero-order valence-corrected chi connectivity index (χ0v) is 11.6. The average Bonchev–Trinajstić information content (AvgIpc) is 2.73. The Balaban J connectivity index is 2.68. The van der Waals surface area contributed by atoms with Crippen LogP contribution in [0.3, 0.4) is 0 Å². The Morgan fingerprint density at radius 1 is 1.32 bits per heavy atom. The summed E-state index contributed by atoms with van der Waals surface area (Å²) in [5.41, 5.74) is 0.481. The Morgan fingerprint density at radius 2 is 2.00 bits per heavy atom. The van der Waals surface area contributed by atoms with Crippen molar-refractivity contribution in [3.05, 3.63) is 23.5 Å². The van der Waals surface area contributed by atoms with Crippen molar-refractivity contribution >= 4 is 11.9 Å². The maximum Gasteiger partial charge on any atom is 0.337 e. The van der Waals surface area contributed by atoms with Crippen molar-refractivity contribution in [1.82, 2.24) is 0 Å². The fourth-order valence-electron chi connectivity index (χ4n) is 1.83. The number of allylic oxidation sites excluding steroid dienone is 2. The smallest absolute Gasteiger partial charge is 0.337 e. The zero-order chi connectivity index (χ0) is 14.3. The molecule has 0 radical (unpaired) electrons. The van der Waals surface area contributed by atoms with Gasteiger partial charge in [0.1, 0.15) is 11.9 Å². The molecule has 0 aromatic rings. The first-order chi connectivity index (χ1) is 9.12. The number of esters is 2. The summed E-state index contributed by atoms with van der Waals surface area (Å²) in [5.74, 6) is -0.227. The van der Waals surface area contributed by atoms with E-state index in [2.05, 4.69) is 0 Å². The van der Waals surface area contributed by atoms with Crippen LogP contribution in [0.5, 0.6) is 0 Å². The lowest BCUT2D eigenvalue weighted by Crippen LogP contribution is -2.16. The molecule has 0 bridgehead atoms. The van der Waals surface area contributed by atoms with E-state index in [9.17, 15) is 9.59 Å². The molecule has 19 heavy (non-hydrogen) atoms. The van der Waals surface area contributed by atoms with E-state index < -0.39 is 0 Å². The molecule has 0 spiro atoms. The Hall–Kier alpha value is -1.78. The summed E-state index contributed by atoms with van der Waals surface area (Å²) in [6.07, 6.45) is 3.64. The van der Waals surface area contributed by atoms with Gasteiger partial charge in [-0.2, -0.15) is 0 Å². The maximum atomic E-state index is 11.8. The molecule has 1 aliphatic heterocycles. The van der Waals surface area contributed by atoms with E-state index in [4.69, 9.17) is 14.2 Å². The van der Waals surface area contributed by atoms with Crippen LogP contribution in [0.1, 0.15) is 33.6 Å². The van der Waals surface area contributed by atoms with Gasteiger partial charge in [0, 0.05) is 6.42 Å². The molecule has 1 heterocycles. The second-order valence-corrected chi connectivity index (χ2v) is 4.02. The van der Waals surface area contributed by atoms with E-state index in [1.807, 2.05) is 6.92 Å². The van der Waals surface area contributed by atoms with Crippen LogP contribution in [-0.4, -0.2) is 31.3 Å². The van der Waals surface area contributed by atoms with Crippen LogP contribution >= 0.6 is 0 Å². The Morgan fingerprint density at radius 3 is 2.58 bits per heavy atom. The topological polar surface area (TPSA) is 61.8 Å². The third-order valence-corrected chi connectivity index (χ3v) is 2.56. The fourth-order valence-corrected chi connectivity index (χ4v) is 1.83. The van der Waals surface area contributed by atoms with Gasteiger partial charge in [-0.3, -0.25) is 4.79 Å². The molecule has 5 nitrogen and oxygen atoms in total. The molecule has 5 heteroatoms. The number of carbonyl (C=O) groups is 2. The minimum Gasteiger partial charge on any atom is -0.489 e. The predicted molar refractivity (Wildman–Crippen MR) is 69.2 cm³/mol. The summed E-state index contributed by atoms with van der Waals surface area (Å²) in [6.45, 7) is 5.98. The van der Waals surface area contributed by atoms with Crippen molar-refractivity contribution in [3.63, 3.8) is 0 Å². The highest BCUT2D eigenvalue weighted by Gasteiger charge is 2.31. The van der Waals surface area contributed by atoms with Gasteiger partial charge in [-0.15, -0.1) is 0 Å². The molecular formula is C14H20O5. The summed E-state index contributed by atoms with van der Waals surface area (Å²) < 4.78 is 15.4. The Bertz CT molecular complexity index is 395. The predicted octanol–water partition coefficient (Wildman–Crippen LogP) is 2.12. The molecule has 1 rings (SSSR count). The standard InChI is InChI=1S/C14H20O5/c1-4-7-12-11(14(16)18-6-3)8-10(19-12)9-13(15)17-5-2/h4,7,10H,5-6,8-9H2,1-3H3/b7-4+. The highest BCUT2D eigenvalue weighted by atomic mass is 16.5. The molecule has 1 aliphatic rings. The van der Waals surface area contributed by atoms with Crippen LogP contribution < -0.4 is 0 Å². The maximum absolute atomic E-state index is 11.8. The van der Waals surface area contributed by atoms with Crippen molar-refractivity contribution < 1.29 is 23.8 Å². The van der Waals surface area contributed by atoms with E-state index in [1.54, 1.807) is 26.0 Å². The monoisotopic (exact) mass is 268 g/mol. The number of hydrogen-bond acceptors (Lipinski definition) is 5. The third-order valence-electron chi connectivity index (χ3n) is 2.56. The highest BCUT2D eigenvalue weighted by Crippen LogP contribution is 2.29. The van der Waals surface area contributed by atoms with Gasteiger partial charge in [-0.25, -0.2) is 4.79 Å². The van der Waals surface area contributed by atoms with E-state index in [-0.39, 0.29) is 24.5 Å². The summed E-state index contributed by atoms with van der Waals surface area (Å²) in [5, 5.41) is 0. The van der Waals surface area contributed by atoms with Gasteiger partial charge >= 0.3 is 11.9 Å². The van der Waals surface area contributed by atoms with Gasteiger partial charge in [0.15, 0.2) is 0 Å². The minimum atomic E-state index is -0.387. The normalized spacial score (nSPS) is 18.6. The van der Waals surface area contributed by atoms with Crippen molar-refractivity contribution in [2.45, 2.75) is 39.7 Å². The van der Waals surface area contributed by atoms with Crippen molar-refractivity contribution in [2.24, 2.45) is 0 Å². The summed E-state index contributed by atoms with van der Waals surface area (Å²) in [6, 6.07) is 0. The highest BCUT2D eigenvalue weighted by molar-refractivity contribution is 5.90. The zero-order valence-electron chi connectivity index (χ0n) is 11.6. The second-order valence-electron chi connectivity index (χ2n) is 4.02. The van der Waals surface area contributed by atoms with Gasteiger partial charge in [-0.05, 0) is 26.8 Å². The summed E-state index contributed by atoms with van der Waals surface area (Å²) in [4.78, 5) is 23.2. The molecule has 106 valence electrons. The van der Waals surface area contributed by atoms with Crippen LogP contribution in [0.15, 0.2) is 23.5 Å². The lowest BCUT2D eigenvalue weighted by molar-refractivity contribution is -0.145. The van der Waals surface area contributed by atoms with E-state index >= 15 is 0 Å². The van der Waals surface area contributed by atoms with Crippen LogP contribution in [0.2, 0.25) is 0 Å². The van der Waals surface area contributed by atoms with Gasteiger partial charge in [-0.1, -0.05) is 6.08 Å². The fraction of sp³-hybridized carbons (Fsp3) is 0.571.